The molecule has 3 aromatic rings. The Hall–Kier alpha value is -4.30. The summed E-state index contributed by atoms with van der Waals surface area (Å²) in [7, 11) is 0. The van der Waals surface area contributed by atoms with E-state index in [1.165, 1.54) is 5.69 Å². The van der Waals surface area contributed by atoms with Crippen LogP contribution in [-0.4, -0.2) is 72.5 Å². The molecule has 8 heteroatoms. The van der Waals surface area contributed by atoms with Crippen LogP contribution in [0, 0.1) is 0 Å². The van der Waals surface area contributed by atoms with Gasteiger partial charge in [-0.05, 0) is 35.9 Å². The van der Waals surface area contributed by atoms with E-state index in [0.717, 1.165) is 31.7 Å². The lowest BCUT2D eigenvalue weighted by atomic mass is 10.1. The van der Waals surface area contributed by atoms with Gasteiger partial charge in [-0.1, -0.05) is 54.6 Å². The number of hydrogen-bond donors (Lipinski definition) is 1. The van der Waals surface area contributed by atoms with E-state index < -0.39 is 11.8 Å². The van der Waals surface area contributed by atoms with E-state index in [1.807, 2.05) is 42.5 Å². The van der Waals surface area contributed by atoms with Crippen LogP contribution in [0.4, 0.5) is 11.4 Å². The molecule has 5 rings (SSSR count). The largest absolute Gasteiger partial charge is 0.369 e. The number of anilines is 1. The lowest BCUT2D eigenvalue weighted by molar-refractivity contribution is -0.120. The third kappa shape index (κ3) is 5.92. The number of piperazine rings is 1. The monoisotopic (exact) mass is 495 g/mol. The minimum atomic E-state index is -0.618. The van der Waals surface area contributed by atoms with Gasteiger partial charge in [-0.15, -0.1) is 0 Å². The molecule has 37 heavy (non-hydrogen) atoms. The molecule has 2 heterocycles. The van der Waals surface area contributed by atoms with Gasteiger partial charge in [-0.3, -0.25) is 24.6 Å². The van der Waals surface area contributed by atoms with Gasteiger partial charge in [-0.2, -0.15) is 0 Å². The first-order valence-corrected chi connectivity index (χ1v) is 12.4. The van der Waals surface area contributed by atoms with Crippen LogP contribution < -0.4 is 10.2 Å². The number of aliphatic imine (C=N–C) groups is 1. The summed E-state index contributed by atoms with van der Waals surface area (Å²) in [5.41, 5.74) is 3.17. The first-order valence-electron chi connectivity index (χ1n) is 12.4. The zero-order valence-corrected chi connectivity index (χ0v) is 20.5. The molecular weight excluding hydrogens is 466 g/mol. The van der Waals surface area contributed by atoms with Gasteiger partial charge in [0.15, 0.2) is 11.6 Å². The Kier molecular flexibility index (Phi) is 7.37. The van der Waals surface area contributed by atoms with Crippen LogP contribution in [0.5, 0.6) is 0 Å². The van der Waals surface area contributed by atoms with Crippen molar-refractivity contribution < 1.29 is 14.4 Å². The third-order valence-corrected chi connectivity index (χ3v) is 6.61. The van der Waals surface area contributed by atoms with E-state index in [1.54, 1.807) is 35.2 Å². The Bertz CT molecular complexity index is 1300. The molecule has 2 amide bonds. The summed E-state index contributed by atoms with van der Waals surface area (Å²) in [5.74, 6) is -1.05. The van der Waals surface area contributed by atoms with Gasteiger partial charge in [-0.25, -0.2) is 4.99 Å². The van der Waals surface area contributed by atoms with Gasteiger partial charge >= 0.3 is 0 Å². The van der Waals surface area contributed by atoms with Crippen LogP contribution in [0.15, 0.2) is 89.9 Å². The highest BCUT2D eigenvalue weighted by atomic mass is 16.2. The number of rotatable bonds is 7. The van der Waals surface area contributed by atoms with E-state index in [-0.39, 0.29) is 18.2 Å². The molecule has 0 bridgehead atoms. The van der Waals surface area contributed by atoms with Gasteiger partial charge in [0.2, 0.25) is 0 Å². The Labute approximate surface area is 216 Å². The van der Waals surface area contributed by atoms with Crippen molar-refractivity contribution in [3.63, 3.8) is 0 Å². The first-order chi connectivity index (χ1) is 18.1. The number of hydrogen-bond acceptors (Lipinski definition) is 7. The Morgan fingerprint density at radius 3 is 2.11 bits per heavy atom. The van der Waals surface area contributed by atoms with Crippen molar-refractivity contribution in [2.45, 2.75) is 6.54 Å². The maximum absolute atomic E-state index is 13.1. The van der Waals surface area contributed by atoms with E-state index in [2.05, 4.69) is 32.2 Å². The molecule has 0 spiro atoms. The van der Waals surface area contributed by atoms with Crippen LogP contribution in [0.3, 0.4) is 0 Å². The predicted octanol–water partition coefficient (Wildman–Crippen LogP) is 2.88. The molecule has 188 valence electrons. The van der Waals surface area contributed by atoms with E-state index in [4.69, 9.17) is 0 Å². The normalized spacial score (nSPS) is 15.5. The standard InChI is InChI=1S/C29H29N5O3/c35-25(20-32-15-17-33(18-16-32)24-12-5-2-6-13-24)21-34-19-23-11-7-8-14-26(23)30-27(34)29(37)31-28(36)22-9-3-1-4-10-22/h1-14H,15-21H2,(H,31,36,37). The predicted molar refractivity (Wildman–Crippen MR) is 143 cm³/mol. The van der Waals surface area contributed by atoms with Crippen LogP contribution in [0.1, 0.15) is 15.9 Å². The van der Waals surface area contributed by atoms with Crippen molar-refractivity contribution in [2.24, 2.45) is 4.99 Å². The second kappa shape index (κ2) is 11.2. The minimum Gasteiger partial charge on any atom is -0.369 e. The maximum Gasteiger partial charge on any atom is 0.293 e. The van der Waals surface area contributed by atoms with Crippen molar-refractivity contribution in [1.82, 2.24) is 15.1 Å². The van der Waals surface area contributed by atoms with Crippen molar-refractivity contribution >= 4 is 34.8 Å². The Morgan fingerprint density at radius 2 is 1.38 bits per heavy atom. The van der Waals surface area contributed by atoms with Crippen molar-refractivity contribution in [1.29, 1.82) is 0 Å². The molecule has 0 aromatic heterocycles. The fourth-order valence-electron chi connectivity index (χ4n) is 4.68. The zero-order chi connectivity index (χ0) is 25.6. The molecule has 0 aliphatic carbocycles. The van der Waals surface area contributed by atoms with E-state index in [0.29, 0.717) is 24.3 Å². The number of nitrogens with zero attached hydrogens (tertiary/aromatic N) is 4. The topological polar surface area (TPSA) is 85.3 Å². The number of ketones is 1. The van der Waals surface area contributed by atoms with Crippen LogP contribution in [0.2, 0.25) is 0 Å². The van der Waals surface area contributed by atoms with Crippen molar-refractivity contribution in [3.05, 3.63) is 96.1 Å². The van der Waals surface area contributed by atoms with Gasteiger partial charge in [0, 0.05) is 44.0 Å². The number of amidine groups is 1. The number of amides is 2. The number of carbonyl (C=O) groups excluding carboxylic acids is 3. The molecular formula is C29H29N5O3. The average Bonchev–Trinajstić information content (AvgIpc) is 2.94. The molecule has 0 atom stereocenters. The number of imide groups is 1. The fourth-order valence-corrected chi connectivity index (χ4v) is 4.68. The number of para-hydroxylation sites is 2. The van der Waals surface area contributed by atoms with Crippen molar-refractivity contribution in [3.8, 4) is 0 Å². The SMILES string of the molecule is O=C(CN1CCN(c2ccccc2)CC1)CN1Cc2ccccc2N=C1C(=O)NC(=O)c1ccccc1. The lowest BCUT2D eigenvalue weighted by Gasteiger charge is -2.36. The molecule has 1 N–H and O–H groups in total. The zero-order valence-electron chi connectivity index (χ0n) is 20.5. The molecule has 1 saturated heterocycles. The molecule has 1 fully saturated rings. The minimum absolute atomic E-state index is 0.00225. The Morgan fingerprint density at radius 1 is 0.730 bits per heavy atom. The number of benzene rings is 3. The summed E-state index contributed by atoms with van der Waals surface area (Å²) in [6, 6.07) is 26.3. The Balaban J connectivity index is 1.23. The summed E-state index contributed by atoms with van der Waals surface area (Å²) in [6.45, 7) is 4.00. The fraction of sp³-hybridized carbons (Fsp3) is 0.241. The van der Waals surface area contributed by atoms with Gasteiger partial charge < -0.3 is 9.80 Å². The first kappa shape index (κ1) is 24.4. The summed E-state index contributed by atoms with van der Waals surface area (Å²) in [5, 5.41) is 2.42. The summed E-state index contributed by atoms with van der Waals surface area (Å²) in [4.78, 5) is 49.5. The van der Waals surface area contributed by atoms with Crippen molar-refractivity contribution in [2.75, 3.05) is 44.2 Å². The third-order valence-electron chi connectivity index (χ3n) is 6.61. The highest BCUT2D eigenvalue weighted by molar-refractivity contribution is 6.41. The lowest BCUT2D eigenvalue weighted by Crippen LogP contribution is -2.51. The second-order valence-corrected chi connectivity index (χ2v) is 9.21. The summed E-state index contributed by atoms with van der Waals surface area (Å²) < 4.78 is 0. The molecule has 3 aromatic carbocycles. The van der Waals surface area contributed by atoms with Crippen LogP contribution in [-0.2, 0) is 16.1 Å². The maximum atomic E-state index is 13.1. The summed E-state index contributed by atoms with van der Waals surface area (Å²) >= 11 is 0. The second-order valence-electron chi connectivity index (χ2n) is 9.21. The van der Waals surface area contributed by atoms with Gasteiger partial charge in [0.1, 0.15) is 0 Å². The van der Waals surface area contributed by atoms with Gasteiger partial charge in [0.05, 0.1) is 18.8 Å². The molecule has 0 radical (unpaired) electrons. The number of fused-ring (bicyclic) bond motifs is 1. The molecule has 0 unspecified atom stereocenters. The van der Waals surface area contributed by atoms with Gasteiger partial charge in [0.25, 0.3) is 11.8 Å². The number of carbonyl (C=O) groups is 3. The highest BCUT2D eigenvalue weighted by Gasteiger charge is 2.29. The quantitative estimate of drug-likeness (QED) is 0.508. The molecule has 8 nitrogen and oxygen atoms in total. The van der Waals surface area contributed by atoms with E-state index >= 15 is 0 Å². The molecule has 2 aliphatic rings. The molecule has 0 saturated carbocycles. The average molecular weight is 496 g/mol. The summed E-state index contributed by atoms with van der Waals surface area (Å²) in [6.07, 6.45) is 0. The van der Waals surface area contributed by atoms with Crippen LogP contribution in [0.25, 0.3) is 0 Å². The highest BCUT2D eigenvalue weighted by Crippen LogP contribution is 2.26. The van der Waals surface area contributed by atoms with Crippen LogP contribution >= 0.6 is 0 Å². The van der Waals surface area contributed by atoms with E-state index in [9.17, 15) is 14.4 Å². The number of Topliss-reactive ketones (excluding diaryl/α,β-unsaturated/α-hetero) is 1. The number of nitrogens with one attached hydrogen (secondary N) is 1. The molecule has 2 aliphatic heterocycles. The smallest absolute Gasteiger partial charge is 0.293 e.